The average molecular weight is 588 g/mol. The third-order valence-electron chi connectivity index (χ3n) is 7.53. The molecular formula is C36H49N3O4. The van der Waals surface area contributed by atoms with Gasteiger partial charge in [-0.25, -0.2) is 4.79 Å². The highest BCUT2D eigenvalue weighted by Gasteiger charge is 2.43. The molecule has 3 aromatic carbocycles. The van der Waals surface area contributed by atoms with Crippen LogP contribution in [-0.2, 0) is 14.3 Å². The second-order valence-corrected chi connectivity index (χ2v) is 13.6. The number of fused-ring (bicyclic) bond motifs is 1. The monoisotopic (exact) mass is 587 g/mol. The second-order valence-electron chi connectivity index (χ2n) is 13.6. The summed E-state index contributed by atoms with van der Waals surface area (Å²) in [6.07, 6.45) is 0.314. The van der Waals surface area contributed by atoms with Gasteiger partial charge in [0.15, 0.2) is 0 Å². The Hall–Kier alpha value is -3.87. The minimum absolute atomic E-state index is 0.0987. The van der Waals surface area contributed by atoms with E-state index in [0.29, 0.717) is 24.1 Å². The number of anilines is 1. The summed E-state index contributed by atoms with van der Waals surface area (Å²) in [5.74, 6) is -0.554. The van der Waals surface area contributed by atoms with Crippen LogP contribution in [0.15, 0.2) is 60.7 Å². The molecule has 0 saturated carbocycles. The van der Waals surface area contributed by atoms with E-state index in [0.717, 1.165) is 21.9 Å². The lowest BCUT2D eigenvalue weighted by Gasteiger charge is -2.45. The average Bonchev–Trinajstić information content (AvgIpc) is 2.88. The fourth-order valence-corrected chi connectivity index (χ4v) is 5.32. The van der Waals surface area contributed by atoms with Gasteiger partial charge in [0.05, 0.1) is 0 Å². The molecule has 0 saturated heterocycles. The van der Waals surface area contributed by atoms with Crippen LogP contribution < -0.4 is 10.6 Å². The SMILES string of the molecule is CCC(C)(C)N(C(=O)C(CC(C)C)NC(=O)OC(C)(C)C)C(C(=O)Nc1ccc2ccccc2c1)c1cc(C)cc(C)c1. The van der Waals surface area contributed by atoms with E-state index in [1.54, 1.807) is 25.7 Å². The van der Waals surface area contributed by atoms with Crippen LogP contribution in [0, 0.1) is 19.8 Å². The minimum atomic E-state index is -0.956. The van der Waals surface area contributed by atoms with Crippen LogP contribution in [0.1, 0.15) is 91.0 Å². The molecule has 0 aliphatic rings. The first-order valence-corrected chi connectivity index (χ1v) is 15.2. The van der Waals surface area contributed by atoms with E-state index >= 15 is 0 Å². The molecule has 3 amide bonds. The van der Waals surface area contributed by atoms with Gasteiger partial charge in [-0.15, -0.1) is 0 Å². The van der Waals surface area contributed by atoms with E-state index in [1.807, 2.05) is 109 Å². The summed E-state index contributed by atoms with van der Waals surface area (Å²) in [6, 6.07) is 17.9. The van der Waals surface area contributed by atoms with Crippen molar-refractivity contribution < 1.29 is 19.1 Å². The lowest BCUT2D eigenvalue weighted by Crippen LogP contribution is -2.59. The van der Waals surface area contributed by atoms with Gasteiger partial charge in [0.25, 0.3) is 5.91 Å². The number of nitrogens with zero attached hydrogens (tertiary/aromatic N) is 1. The van der Waals surface area contributed by atoms with Gasteiger partial charge < -0.3 is 20.3 Å². The molecule has 43 heavy (non-hydrogen) atoms. The normalized spacial score (nSPS) is 13.4. The number of nitrogens with one attached hydrogen (secondary N) is 2. The Bertz CT molecular complexity index is 1430. The number of rotatable bonds is 10. The lowest BCUT2D eigenvalue weighted by molar-refractivity contribution is -0.148. The maximum Gasteiger partial charge on any atom is 0.408 e. The molecule has 0 aliphatic heterocycles. The highest BCUT2D eigenvalue weighted by atomic mass is 16.6. The highest BCUT2D eigenvalue weighted by molar-refractivity contribution is 6.00. The number of amides is 3. The van der Waals surface area contributed by atoms with Crippen molar-refractivity contribution in [2.24, 2.45) is 5.92 Å². The van der Waals surface area contributed by atoms with E-state index in [1.165, 1.54) is 0 Å². The summed E-state index contributed by atoms with van der Waals surface area (Å²) >= 11 is 0. The van der Waals surface area contributed by atoms with Crippen molar-refractivity contribution in [2.75, 3.05) is 5.32 Å². The summed E-state index contributed by atoms with van der Waals surface area (Å²) < 4.78 is 5.53. The molecule has 2 atom stereocenters. The number of ether oxygens (including phenoxy) is 1. The number of carbonyl (C=O) groups is 3. The molecule has 0 aliphatic carbocycles. The van der Waals surface area contributed by atoms with Crippen molar-refractivity contribution in [3.05, 3.63) is 77.4 Å². The molecule has 0 radical (unpaired) electrons. The summed E-state index contributed by atoms with van der Waals surface area (Å²) in [5.41, 5.74) is 1.89. The number of hydrogen-bond donors (Lipinski definition) is 2. The Kier molecular flexibility index (Phi) is 10.7. The molecule has 0 aromatic heterocycles. The number of carbonyl (C=O) groups excluding carboxylic acids is 3. The van der Waals surface area contributed by atoms with Crippen LogP contribution in [0.3, 0.4) is 0 Å². The third kappa shape index (κ3) is 9.06. The molecule has 3 aromatic rings. The minimum Gasteiger partial charge on any atom is -0.444 e. The van der Waals surface area contributed by atoms with E-state index in [-0.39, 0.29) is 17.7 Å². The number of hydrogen-bond acceptors (Lipinski definition) is 4. The van der Waals surface area contributed by atoms with Crippen molar-refractivity contribution in [2.45, 2.75) is 105 Å². The van der Waals surface area contributed by atoms with Gasteiger partial charge >= 0.3 is 6.09 Å². The van der Waals surface area contributed by atoms with E-state index in [4.69, 9.17) is 4.74 Å². The van der Waals surface area contributed by atoms with Gasteiger partial charge in [-0.2, -0.15) is 0 Å². The number of benzene rings is 3. The molecule has 7 heteroatoms. The molecule has 232 valence electrons. The van der Waals surface area contributed by atoms with Crippen molar-refractivity contribution in [1.29, 1.82) is 0 Å². The highest BCUT2D eigenvalue weighted by Crippen LogP contribution is 2.34. The Labute approximate surface area is 257 Å². The predicted octanol–water partition coefficient (Wildman–Crippen LogP) is 8.09. The summed E-state index contributed by atoms with van der Waals surface area (Å²) in [4.78, 5) is 43.7. The van der Waals surface area contributed by atoms with E-state index in [2.05, 4.69) is 10.6 Å². The Morgan fingerprint density at radius 3 is 2.02 bits per heavy atom. The lowest BCUT2D eigenvalue weighted by atomic mass is 9.90. The van der Waals surface area contributed by atoms with Crippen molar-refractivity contribution in [1.82, 2.24) is 10.2 Å². The molecule has 0 spiro atoms. The van der Waals surface area contributed by atoms with Gasteiger partial charge in [-0.1, -0.05) is 80.4 Å². The Balaban J connectivity index is 2.14. The molecule has 2 unspecified atom stereocenters. The Morgan fingerprint density at radius 1 is 0.860 bits per heavy atom. The maximum atomic E-state index is 14.7. The Morgan fingerprint density at radius 2 is 1.47 bits per heavy atom. The van der Waals surface area contributed by atoms with E-state index in [9.17, 15) is 14.4 Å². The molecule has 2 N–H and O–H groups in total. The van der Waals surface area contributed by atoms with E-state index < -0.39 is 29.3 Å². The topological polar surface area (TPSA) is 87.7 Å². The first kappa shape index (κ1) is 33.6. The first-order chi connectivity index (χ1) is 20.0. The van der Waals surface area contributed by atoms with Gasteiger partial charge in [0, 0.05) is 11.2 Å². The van der Waals surface area contributed by atoms with Gasteiger partial charge in [0.1, 0.15) is 17.7 Å². The van der Waals surface area contributed by atoms with Crippen LogP contribution in [0.5, 0.6) is 0 Å². The maximum absolute atomic E-state index is 14.7. The quantitative estimate of drug-likeness (QED) is 0.251. The first-order valence-electron chi connectivity index (χ1n) is 15.2. The van der Waals surface area contributed by atoms with Crippen molar-refractivity contribution in [3.8, 4) is 0 Å². The number of alkyl carbamates (subject to hydrolysis) is 1. The van der Waals surface area contributed by atoms with Crippen LogP contribution >= 0.6 is 0 Å². The number of aryl methyl sites for hydroxylation is 2. The molecule has 0 fully saturated rings. The summed E-state index contributed by atoms with van der Waals surface area (Å²) in [6.45, 7) is 19.2. The van der Waals surface area contributed by atoms with Crippen LogP contribution in [-0.4, -0.2) is 40.0 Å². The molecule has 3 rings (SSSR count). The predicted molar refractivity (Wildman–Crippen MR) is 175 cm³/mol. The van der Waals surface area contributed by atoms with Crippen LogP contribution in [0.25, 0.3) is 10.8 Å². The molecule has 0 bridgehead atoms. The van der Waals surface area contributed by atoms with Gasteiger partial charge in [-0.3, -0.25) is 9.59 Å². The third-order valence-corrected chi connectivity index (χ3v) is 7.53. The van der Waals surface area contributed by atoms with Crippen LogP contribution in [0.2, 0.25) is 0 Å². The molecular weight excluding hydrogens is 538 g/mol. The largest absolute Gasteiger partial charge is 0.444 e. The van der Waals surface area contributed by atoms with Gasteiger partial charge in [0.2, 0.25) is 5.91 Å². The molecule has 7 nitrogen and oxygen atoms in total. The smallest absolute Gasteiger partial charge is 0.408 e. The standard InChI is InChI=1S/C36H49N3O4/c1-11-36(9,10)39(33(41)30(18-23(2)3)38-34(42)43-35(6,7)8)31(28-20-24(4)19-25(5)21-28)32(40)37-29-17-16-26-14-12-13-15-27(26)22-29/h12-17,19-23,30-31H,11,18H2,1-10H3,(H,37,40)(H,38,42). The van der Waals surface area contributed by atoms with Gasteiger partial charge in [-0.05, 0) is 95.7 Å². The summed E-state index contributed by atoms with van der Waals surface area (Å²) in [7, 11) is 0. The zero-order chi connectivity index (χ0) is 32.1. The van der Waals surface area contributed by atoms with Crippen LogP contribution in [0.4, 0.5) is 10.5 Å². The van der Waals surface area contributed by atoms with Crippen molar-refractivity contribution in [3.63, 3.8) is 0 Å². The summed E-state index contributed by atoms with van der Waals surface area (Å²) in [5, 5.41) is 8.02. The second kappa shape index (κ2) is 13.6. The zero-order valence-electron chi connectivity index (χ0n) is 27.5. The zero-order valence-corrected chi connectivity index (χ0v) is 27.5. The van der Waals surface area contributed by atoms with Crippen molar-refractivity contribution >= 4 is 34.4 Å². The fourth-order valence-electron chi connectivity index (χ4n) is 5.32. The fraction of sp³-hybridized carbons (Fsp3) is 0.472. The molecule has 0 heterocycles.